The van der Waals surface area contributed by atoms with Crippen LogP contribution in [0.2, 0.25) is 0 Å². The number of aliphatic imine (C=N–C) groups is 1. The smallest absolute Gasteiger partial charge is 0.213 e. The quantitative estimate of drug-likeness (QED) is 0.267. The van der Waals surface area contributed by atoms with Crippen LogP contribution in [0.25, 0.3) is 0 Å². The molecule has 0 atom stereocenters. The van der Waals surface area contributed by atoms with Crippen molar-refractivity contribution in [3.05, 3.63) is 23.9 Å². The fourth-order valence-electron chi connectivity index (χ4n) is 2.53. The predicted octanol–water partition coefficient (Wildman–Crippen LogP) is 3.44. The first-order chi connectivity index (χ1) is 11.3. The van der Waals surface area contributed by atoms with Gasteiger partial charge in [0.25, 0.3) is 0 Å². The highest BCUT2D eigenvalue weighted by molar-refractivity contribution is 14.0. The van der Waals surface area contributed by atoms with Crippen LogP contribution in [0, 0.1) is 0 Å². The van der Waals surface area contributed by atoms with Gasteiger partial charge in [-0.15, -0.1) is 24.0 Å². The number of aromatic nitrogens is 1. The second kappa shape index (κ2) is 12.6. The number of nitrogens with zero attached hydrogens (tertiary/aromatic N) is 2. The minimum absolute atomic E-state index is 0. The van der Waals surface area contributed by atoms with Gasteiger partial charge in [-0.2, -0.15) is 11.8 Å². The summed E-state index contributed by atoms with van der Waals surface area (Å²) in [5.41, 5.74) is 1.09. The highest BCUT2D eigenvalue weighted by Crippen LogP contribution is 2.22. The van der Waals surface area contributed by atoms with Gasteiger partial charge in [-0.1, -0.05) is 6.07 Å². The second-order valence-corrected chi connectivity index (χ2v) is 6.63. The molecule has 0 spiro atoms. The van der Waals surface area contributed by atoms with Crippen molar-refractivity contribution in [2.45, 2.75) is 45.3 Å². The third kappa shape index (κ3) is 7.92. The van der Waals surface area contributed by atoms with Crippen molar-refractivity contribution in [3.8, 4) is 5.88 Å². The summed E-state index contributed by atoms with van der Waals surface area (Å²) in [6, 6.07) is 4.00. The number of halogens is 1. The number of hydrogen-bond donors (Lipinski definition) is 2. The normalized spacial score (nSPS) is 15.0. The van der Waals surface area contributed by atoms with E-state index in [1.54, 1.807) is 0 Å². The summed E-state index contributed by atoms with van der Waals surface area (Å²) < 4.78 is 5.89. The molecule has 1 aliphatic carbocycles. The van der Waals surface area contributed by atoms with Crippen LogP contribution >= 0.6 is 35.7 Å². The molecule has 5 nitrogen and oxygen atoms in total. The van der Waals surface area contributed by atoms with Gasteiger partial charge in [0, 0.05) is 31.1 Å². The van der Waals surface area contributed by atoms with Gasteiger partial charge in [0.05, 0.1) is 6.54 Å². The van der Waals surface area contributed by atoms with E-state index in [1.807, 2.05) is 30.1 Å². The number of ether oxygens (including phenoxy) is 1. The maximum absolute atomic E-state index is 5.89. The lowest BCUT2D eigenvalue weighted by molar-refractivity contribution is 0.201. The van der Waals surface area contributed by atoms with Gasteiger partial charge >= 0.3 is 0 Å². The molecule has 136 valence electrons. The minimum Gasteiger partial charge on any atom is -0.474 e. The molecule has 1 aromatic heterocycles. The van der Waals surface area contributed by atoms with E-state index in [-0.39, 0.29) is 24.0 Å². The molecule has 1 heterocycles. The molecule has 0 aliphatic heterocycles. The van der Waals surface area contributed by atoms with Crippen LogP contribution < -0.4 is 15.4 Å². The van der Waals surface area contributed by atoms with Crippen LogP contribution in [0.15, 0.2) is 23.3 Å². The van der Waals surface area contributed by atoms with Gasteiger partial charge < -0.3 is 15.4 Å². The third-order valence-electron chi connectivity index (χ3n) is 3.75. The molecular weight excluding hydrogens is 435 g/mol. The fourth-order valence-corrected chi connectivity index (χ4v) is 2.84. The topological polar surface area (TPSA) is 58.5 Å². The first-order valence-electron chi connectivity index (χ1n) is 8.44. The first-order valence-corrected chi connectivity index (χ1v) is 9.84. The van der Waals surface area contributed by atoms with Gasteiger partial charge in [0.15, 0.2) is 5.96 Å². The Morgan fingerprint density at radius 3 is 2.75 bits per heavy atom. The van der Waals surface area contributed by atoms with E-state index in [4.69, 9.17) is 4.74 Å². The molecule has 0 amide bonds. The Morgan fingerprint density at radius 1 is 1.33 bits per heavy atom. The molecule has 1 saturated carbocycles. The van der Waals surface area contributed by atoms with Crippen LogP contribution in [0.3, 0.4) is 0 Å². The van der Waals surface area contributed by atoms with Crippen LogP contribution in [-0.4, -0.2) is 42.1 Å². The Hall–Kier alpha value is -0.700. The number of rotatable bonds is 8. The second-order valence-electron chi connectivity index (χ2n) is 5.64. The van der Waals surface area contributed by atoms with E-state index in [9.17, 15) is 0 Å². The van der Waals surface area contributed by atoms with Crippen LogP contribution in [0.4, 0.5) is 0 Å². The monoisotopic (exact) mass is 464 g/mol. The average molecular weight is 464 g/mol. The standard InChI is InChI=1S/C17H28N4OS.HI/c1-3-18-17(19-10-11-23-2)21-13-14-8-9-16(20-12-14)22-15-6-4-5-7-15;/h8-9,12,15H,3-7,10-11,13H2,1-2H3,(H2,18,19,21);1H. The van der Waals surface area contributed by atoms with Crippen LogP contribution in [0.5, 0.6) is 5.88 Å². The maximum atomic E-state index is 5.89. The van der Waals surface area contributed by atoms with Crippen molar-refractivity contribution in [2.75, 3.05) is 25.1 Å². The molecule has 0 aromatic carbocycles. The highest BCUT2D eigenvalue weighted by atomic mass is 127. The lowest BCUT2D eigenvalue weighted by Gasteiger charge is -2.12. The molecule has 24 heavy (non-hydrogen) atoms. The van der Waals surface area contributed by atoms with E-state index in [1.165, 1.54) is 12.8 Å². The molecule has 1 aromatic rings. The lowest BCUT2D eigenvalue weighted by atomic mass is 10.3. The van der Waals surface area contributed by atoms with Crippen LogP contribution in [-0.2, 0) is 6.54 Å². The zero-order valence-corrected chi connectivity index (χ0v) is 17.7. The van der Waals surface area contributed by atoms with E-state index < -0.39 is 0 Å². The van der Waals surface area contributed by atoms with Gasteiger partial charge in [-0.05, 0) is 44.4 Å². The first kappa shape index (κ1) is 21.3. The van der Waals surface area contributed by atoms with Crippen molar-refractivity contribution >= 4 is 41.7 Å². The Balaban J connectivity index is 0.00000288. The lowest BCUT2D eigenvalue weighted by Crippen LogP contribution is -2.38. The van der Waals surface area contributed by atoms with Gasteiger partial charge in [-0.25, -0.2) is 9.98 Å². The Bertz CT molecular complexity index is 478. The van der Waals surface area contributed by atoms with Crippen molar-refractivity contribution in [1.29, 1.82) is 0 Å². The Kier molecular flexibility index (Phi) is 11.2. The fraction of sp³-hybridized carbons (Fsp3) is 0.647. The molecule has 2 rings (SSSR count). The molecule has 7 heteroatoms. The summed E-state index contributed by atoms with van der Waals surface area (Å²) in [6.45, 7) is 4.46. The number of hydrogen-bond acceptors (Lipinski definition) is 4. The van der Waals surface area contributed by atoms with Crippen molar-refractivity contribution in [2.24, 2.45) is 4.99 Å². The summed E-state index contributed by atoms with van der Waals surface area (Å²) in [5, 5.41) is 6.58. The summed E-state index contributed by atoms with van der Waals surface area (Å²) in [7, 11) is 0. The highest BCUT2D eigenvalue weighted by Gasteiger charge is 2.16. The van der Waals surface area contributed by atoms with E-state index >= 15 is 0 Å². The Morgan fingerprint density at radius 2 is 2.12 bits per heavy atom. The molecule has 1 fully saturated rings. The van der Waals surface area contributed by atoms with Gasteiger partial charge in [0.2, 0.25) is 5.88 Å². The van der Waals surface area contributed by atoms with E-state index in [2.05, 4.69) is 33.8 Å². The van der Waals surface area contributed by atoms with E-state index in [0.717, 1.165) is 49.1 Å². The van der Waals surface area contributed by atoms with Crippen molar-refractivity contribution < 1.29 is 4.74 Å². The van der Waals surface area contributed by atoms with Gasteiger partial charge in [-0.3, -0.25) is 0 Å². The molecule has 0 radical (unpaired) electrons. The summed E-state index contributed by atoms with van der Waals surface area (Å²) in [4.78, 5) is 9.00. The zero-order valence-electron chi connectivity index (χ0n) is 14.6. The van der Waals surface area contributed by atoms with Crippen LogP contribution in [0.1, 0.15) is 38.2 Å². The number of thioether (sulfide) groups is 1. The maximum Gasteiger partial charge on any atom is 0.213 e. The van der Waals surface area contributed by atoms with Crippen molar-refractivity contribution in [1.82, 2.24) is 15.6 Å². The van der Waals surface area contributed by atoms with Gasteiger partial charge in [0.1, 0.15) is 6.10 Å². The number of nitrogens with one attached hydrogen (secondary N) is 2. The largest absolute Gasteiger partial charge is 0.474 e. The number of guanidine groups is 1. The predicted molar refractivity (Wildman–Crippen MR) is 114 cm³/mol. The molecule has 1 aliphatic rings. The van der Waals surface area contributed by atoms with Crippen molar-refractivity contribution in [3.63, 3.8) is 0 Å². The SMILES string of the molecule is CCNC(=NCc1ccc(OC2CCCC2)nc1)NCCSC.I. The molecule has 2 N–H and O–H groups in total. The molecule has 0 unspecified atom stereocenters. The molecule has 0 saturated heterocycles. The zero-order chi connectivity index (χ0) is 16.3. The van der Waals surface area contributed by atoms with E-state index in [0.29, 0.717) is 12.6 Å². The molecule has 0 bridgehead atoms. The summed E-state index contributed by atoms with van der Waals surface area (Å²) in [5.74, 6) is 2.65. The third-order valence-corrected chi connectivity index (χ3v) is 4.36. The number of pyridine rings is 1. The summed E-state index contributed by atoms with van der Waals surface area (Å²) >= 11 is 1.82. The Labute approximate surface area is 166 Å². The molecular formula is C17H29IN4OS. The summed E-state index contributed by atoms with van der Waals surface area (Å²) in [6.07, 6.45) is 9.17. The average Bonchev–Trinajstić information content (AvgIpc) is 3.07. The minimum atomic E-state index is 0.